The van der Waals surface area contributed by atoms with Crippen molar-refractivity contribution < 1.29 is 14.3 Å². The highest BCUT2D eigenvalue weighted by molar-refractivity contribution is 5.90. The quantitative estimate of drug-likeness (QED) is 0.780. The second kappa shape index (κ2) is 8.43. The Balaban J connectivity index is 1.64. The number of hydrogen-bond donors (Lipinski definition) is 1. The third-order valence-corrected chi connectivity index (χ3v) is 5.18. The van der Waals surface area contributed by atoms with E-state index < -0.39 is 24.0 Å². The Bertz CT molecular complexity index is 967. The van der Waals surface area contributed by atoms with Crippen molar-refractivity contribution in [2.45, 2.75) is 58.4 Å². The fraction of sp³-hybridized carbons (Fsp3) is 0.476. The van der Waals surface area contributed by atoms with E-state index >= 15 is 0 Å². The molecule has 1 fully saturated rings. The summed E-state index contributed by atoms with van der Waals surface area (Å²) in [4.78, 5) is 26.0. The number of carbonyl (C=O) groups excluding carboxylic acids is 2. The molecule has 152 valence electrons. The van der Waals surface area contributed by atoms with Crippen molar-refractivity contribution in [3.05, 3.63) is 40.7 Å². The van der Waals surface area contributed by atoms with Gasteiger partial charge >= 0.3 is 5.97 Å². The average molecular weight is 395 g/mol. The molecule has 0 bridgehead atoms. The van der Waals surface area contributed by atoms with Crippen LogP contribution in [-0.4, -0.2) is 39.0 Å². The van der Waals surface area contributed by atoms with E-state index in [2.05, 4.69) is 21.6 Å². The summed E-state index contributed by atoms with van der Waals surface area (Å²) in [6, 6.07) is 8.05. The summed E-state index contributed by atoms with van der Waals surface area (Å²) in [5.41, 5.74) is 2.48. The first-order chi connectivity index (χ1) is 13.8. The van der Waals surface area contributed by atoms with Crippen LogP contribution in [0, 0.1) is 32.1 Å². The van der Waals surface area contributed by atoms with Crippen molar-refractivity contribution in [2.75, 3.05) is 6.61 Å². The molecule has 2 aromatic rings. The molecule has 1 heterocycles. The SMILES string of the molecule is Cc1ccc(-n2nc(C)c(C(=O)OCC(=O)NC3(C#N)CCCCC3)n2)c(C)c1. The van der Waals surface area contributed by atoms with Gasteiger partial charge in [-0.3, -0.25) is 4.79 Å². The number of nitrogens with one attached hydrogen (secondary N) is 1. The normalized spacial score (nSPS) is 15.4. The number of carbonyl (C=O) groups is 2. The standard InChI is InChI=1S/C21H25N5O3/c1-14-7-8-17(15(2)11-14)26-24-16(3)19(25-26)20(28)29-12-18(27)23-21(13-22)9-5-4-6-10-21/h7-8,11H,4-6,9-10,12H2,1-3H3,(H,23,27). The molecule has 0 unspecified atom stereocenters. The van der Waals surface area contributed by atoms with E-state index in [1.54, 1.807) is 6.92 Å². The van der Waals surface area contributed by atoms with E-state index in [9.17, 15) is 14.9 Å². The van der Waals surface area contributed by atoms with Crippen LogP contribution in [0.1, 0.15) is 59.4 Å². The van der Waals surface area contributed by atoms with Gasteiger partial charge in [0.05, 0.1) is 17.5 Å². The summed E-state index contributed by atoms with van der Waals surface area (Å²) in [7, 11) is 0. The number of nitrogens with zero attached hydrogens (tertiary/aromatic N) is 4. The van der Waals surface area contributed by atoms with Crippen molar-refractivity contribution in [2.24, 2.45) is 0 Å². The van der Waals surface area contributed by atoms with E-state index in [0.29, 0.717) is 18.5 Å². The zero-order valence-corrected chi connectivity index (χ0v) is 17.0. The molecule has 1 saturated carbocycles. The monoisotopic (exact) mass is 395 g/mol. The van der Waals surface area contributed by atoms with Gasteiger partial charge in [0.25, 0.3) is 5.91 Å². The summed E-state index contributed by atoms with van der Waals surface area (Å²) in [5.74, 6) is -1.20. The summed E-state index contributed by atoms with van der Waals surface area (Å²) < 4.78 is 5.12. The highest BCUT2D eigenvalue weighted by atomic mass is 16.5. The Hall–Kier alpha value is -3.21. The highest BCUT2D eigenvalue weighted by Gasteiger charge is 2.33. The molecule has 1 aliphatic carbocycles. The third kappa shape index (κ3) is 4.62. The molecule has 0 saturated heterocycles. The van der Waals surface area contributed by atoms with Crippen LogP contribution in [0.15, 0.2) is 18.2 Å². The maximum atomic E-state index is 12.4. The maximum Gasteiger partial charge on any atom is 0.361 e. The Morgan fingerprint density at radius 1 is 1.21 bits per heavy atom. The van der Waals surface area contributed by atoms with Crippen molar-refractivity contribution in [1.82, 2.24) is 20.3 Å². The third-order valence-electron chi connectivity index (χ3n) is 5.18. The minimum absolute atomic E-state index is 0.0606. The fourth-order valence-electron chi connectivity index (χ4n) is 3.63. The average Bonchev–Trinajstić information content (AvgIpc) is 3.08. The first-order valence-corrected chi connectivity index (χ1v) is 9.74. The Labute approximate surface area is 169 Å². The van der Waals surface area contributed by atoms with Crippen molar-refractivity contribution in [1.29, 1.82) is 5.26 Å². The van der Waals surface area contributed by atoms with Crippen LogP contribution in [0.25, 0.3) is 5.69 Å². The Morgan fingerprint density at radius 2 is 1.93 bits per heavy atom. The van der Waals surface area contributed by atoms with Gasteiger partial charge in [0.1, 0.15) is 5.54 Å². The zero-order chi connectivity index (χ0) is 21.0. The molecule has 0 atom stereocenters. The summed E-state index contributed by atoms with van der Waals surface area (Å²) in [5, 5.41) is 20.7. The van der Waals surface area contributed by atoms with Crippen molar-refractivity contribution in [3.8, 4) is 11.8 Å². The van der Waals surface area contributed by atoms with Crippen molar-refractivity contribution >= 4 is 11.9 Å². The van der Waals surface area contributed by atoms with Crippen LogP contribution in [0.3, 0.4) is 0 Å². The van der Waals surface area contributed by atoms with Gasteiger partial charge < -0.3 is 10.1 Å². The molecule has 1 N–H and O–H groups in total. The van der Waals surface area contributed by atoms with E-state index in [-0.39, 0.29) is 5.69 Å². The smallest absolute Gasteiger partial charge is 0.361 e. The Kier molecular flexibility index (Phi) is 5.97. The molecule has 1 amide bonds. The molecule has 29 heavy (non-hydrogen) atoms. The van der Waals surface area contributed by atoms with Gasteiger partial charge in [-0.15, -0.1) is 5.10 Å². The summed E-state index contributed by atoms with van der Waals surface area (Å²) >= 11 is 0. The molecule has 1 aliphatic rings. The van der Waals surface area contributed by atoms with Crippen LogP contribution in [0.5, 0.6) is 0 Å². The topological polar surface area (TPSA) is 110 Å². The molecule has 3 rings (SSSR count). The number of hydrogen-bond acceptors (Lipinski definition) is 6. The fourth-order valence-corrected chi connectivity index (χ4v) is 3.63. The zero-order valence-electron chi connectivity index (χ0n) is 17.0. The molecular formula is C21H25N5O3. The maximum absolute atomic E-state index is 12.4. The van der Waals surface area contributed by atoms with Gasteiger partial charge in [-0.1, -0.05) is 37.0 Å². The first kappa shape index (κ1) is 20.5. The van der Waals surface area contributed by atoms with Gasteiger partial charge in [-0.2, -0.15) is 15.2 Å². The van der Waals surface area contributed by atoms with E-state index in [1.165, 1.54) is 4.80 Å². The van der Waals surface area contributed by atoms with Crippen LogP contribution >= 0.6 is 0 Å². The summed E-state index contributed by atoms with van der Waals surface area (Å²) in [6.45, 7) is 5.14. The van der Waals surface area contributed by atoms with Gasteiger partial charge in [0, 0.05) is 0 Å². The van der Waals surface area contributed by atoms with Crippen LogP contribution in [0.4, 0.5) is 0 Å². The number of amides is 1. The largest absolute Gasteiger partial charge is 0.451 e. The molecule has 8 nitrogen and oxygen atoms in total. The Morgan fingerprint density at radius 3 is 2.59 bits per heavy atom. The number of ether oxygens (including phenoxy) is 1. The predicted octanol–water partition coefficient (Wildman–Crippen LogP) is 2.69. The van der Waals surface area contributed by atoms with Gasteiger partial charge in [0.15, 0.2) is 12.3 Å². The second-order valence-corrected chi connectivity index (χ2v) is 7.59. The molecule has 1 aromatic carbocycles. The van der Waals surface area contributed by atoms with Gasteiger partial charge in [0.2, 0.25) is 0 Å². The summed E-state index contributed by atoms with van der Waals surface area (Å²) in [6.07, 6.45) is 4.09. The molecular weight excluding hydrogens is 370 g/mol. The van der Waals surface area contributed by atoms with E-state index in [1.807, 2.05) is 32.0 Å². The van der Waals surface area contributed by atoms with Crippen LogP contribution in [-0.2, 0) is 9.53 Å². The lowest BCUT2D eigenvalue weighted by atomic mass is 9.83. The minimum atomic E-state index is -0.857. The molecule has 1 aromatic heterocycles. The lowest BCUT2D eigenvalue weighted by Crippen LogP contribution is -2.50. The predicted molar refractivity (Wildman–Crippen MR) is 105 cm³/mol. The van der Waals surface area contributed by atoms with E-state index in [0.717, 1.165) is 36.1 Å². The van der Waals surface area contributed by atoms with Gasteiger partial charge in [-0.05, 0) is 45.2 Å². The van der Waals surface area contributed by atoms with Crippen molar-refractivity contribution in [3.63, 3.8) is 0 Å². The number of aromatic nitrogens is 3. The van der Waals surface area contributed by atoms with Gasteiger partial charge in [-0.25, -0.2) is 4.79 Å². The lowest BCUT2D eigenvalue weighted by Gasteiger charge is -2.31. The first-order valence-electron chi connectivity index (χ1n) is 9.74. The number of esters is 1. The minimum Gasteiger partial charge on any atom is -0.451 e. The molecule has 0 aliphatic heterocycles. The lowest BCUT2D eigenvalue weighted by molar-refractivity contribution is -0.125. The number of benzene rings is 1. The van der Waals surface area contributed by atoms with E-state index in [4.69, 9.17) is 4.74 Å². The molecule has 8 heteroatoms. The van der Waals surface area contributed by atoms with Crippen LogP contribution < -0.4 is 5.32 Å². The molecule has 0 radical (unpaired) electrons. The second-order valence-electron chi connectivity index (χ2n) is 7.59. The number of nitriles is 1. The number of aryl methyl sites for hydroxylation is 3. The molecule has 0 spiro atoms. The van der Waals surface area contributed by atoms with Crippen LogP contribution in [0.2, 0.25) is 0 Å². The number of rotatable bonds is 5. The highest BCUT2D eigenvalue weighted by Crippen LogP contribution is 2.27.